The molecule has 0 aliphatic rings. The molecule has 26 heavy (non-hydrogen) atoms. The molecule has 4 N–H and O–H groups in total. The molecule has 2 aromatic rings. The van der Waals surface area contributed by atoms with Crippen molar-refractivity contribution in [3.63, 3.8) is 0 Å². The highest BCUT2D eigenvalue weighted by molar-refractivity contribution is 6.14. The summed E-state index contributed by atoms with van der Waals surface area (Å²) in [6, 6.07) is 9.12. The van der Waals surface area contributed by atoms with E-state index in [0.717, 1.165) is 6.08 Å². The Labute approximate surface area is 146 Å². The van der Waals surface area contributed by atoms with E-state index in [4.69, 9.17) is 5.11 Å². The Hall–Kier alpha value is -3.94. The van der Waals surface area contributed by atoms with Crippen molar-refractivity contribution in [2.45, 2.75) is 0 Å². The lowest BCUT2D eigenvalue weighted by Crippen LogP contribution is -2.19. The normalized spacial score (nSPS) is 10.6. The van der Waals surface area contributed by atoms with E-state index in [2.05, 4.69) is 0 Å². The standard InChI is InChI=1S/C18H12O8/c19-15(20)11-8-12(16(21)22)14(18(25)26)13(17(23)24)10(11)7-6-9-4-2-1-3-5-9/h1-8H,(H,19,20)(H,21,22)(H,23,24)(H,25,26)/b7-6-. The maximum Gasteiger partial charge on any atom is 0.337 e. The van der Waals surface area contributed by atoms with Gasteiger partial charge >= 0.3 is 23.9 Å². The van der Waals surface area contributed by atoms with Gasteiger partial charge < -0.3 is 20.4 Å². The summed E-state index contributed by atoms with van der Waals surface area (Å²) in [5.74, 6) is -6.86. The van der Waals surface area contributed by atoms with Crippen LogP contribution in [-0.4, -0.2) is 44.3 Å². The van der Waals surface area contributed by atoms with Crippen molar-refractivity contribution in [1.82, 2.24) is 0 Å². The lowest BCUT2D eigenvalue weighted by atomic mass is 9.90. The minimum absolute atomic E-state index is 0.406. The quantitative estimate of drug-likeness (QED) is 0.577. The van der Waals surface area contributed by atoms with E-state index in [1.807, 2.05) is 0 Å². The smallest absolute Gasteiger partial charge is 0.337 e. The number of benzene rings is 2. The number of carboxylic acids is 4. The molecule has 0 saturated carbocycles. The van der Waals surface area contributed by atoms with Crippen LogP contribution >= 0.6 is 0 Å². The van der Waals surface area contributed by atoms with Crippen LogP contribution in [-0.2, 0) is 0 Å². The van der Waals surface area contributed by atoms with Crippen molar-refractivity contribution in [3.05, 3.63) is 69.8 Å². The molecule has 0 atom stereocenters. The summed E-state index contributed by atoms with van der Waals surface area (Å²) in [4.78, 5) is 45.9. The highest BCUT2D eigenvalue weighted by Crippen LogP contribution is 2.27. The third kappa shape index (κ3) is 3.59. The predicted octanol–water partition coefficient (Wildman–Crippen LogP) is 2.65. The predicted molar refractivity (Wildman–Crippen MR) is 89.6 cm³/mol. The summed E-state index contributed by atoms with van der Waals surface area (Å²) in [6.07, 6.45) is 2.54. The van der Waals surface area contributed by atoms with Crippen LogP contribution in [0.5, 0.6) is 0 Å². The Morgan fingerprint density at radius 3 is 1.65 bits per heavy atom. The van der Waals surface area contributed by atoms with Crippen molar-refractivity contribution < 1.29 is 39.6 Å². The van der Waals surface area contributed by atoms with Crippen molar-refractivity contribution in [1.29, 1.82) is 0 Å². The first-order chi connectivity index (χ1) is 12.2. The zero-order valence-corrected chi connectivity index (χ0v) is 13.0. The van der Waals surface area contributed by atoms with Gasteiger partial charge in [0.1, 0.15) is 0 Å². The van der Waals surface area contributed by atoms with Crippen LogP contribution < -0.4 is 0 Å². The minimum Gasteiger partial charge on any atom is -0.478 e. The molecule has 0 fully saturated rings. The Kier molecular flexibility index (Phi) is 5.17. The largest absolute Gasteiger partial charge is 0.478 e. The molecule has 0 unspecified atom stereocenters. The summed E-state index contributed by atoms with van der Waals surface area (Å²) < 4.78 is 0. The molecule has 0 saturated heterocycles. The minimum atomic E-state index is -1.79. The SMILES string of the molecule is O=C(O)c1cc(C(=O)O)c(C(=O)O)c(C(=O)O)c1/C=C\c1ccccc1. The van der Waals surface area contributed by atoms with E-state index in [0.29, 0.717) is 11.6 Å². The third-order valence-corrected chi connectivity index (χ3v) is 3.50. The van der Waals surface area contributed by atoms with Gasteiger partial charge in [-0.05, 0) is 11.6 Å². The number of aromatic carboxylic acids is 4. The van der Waals surface area contributed by atoms with Gasteiger partial charge in [-0.2, -0.15) is 0 Å². The van der Waals surface area contributed by atoms with E-state index < -0.39 is 51.7 Å². The molecule has 0 aliphatic carbocycles. The topological polar surface area (TPSA) is 149 Å². The van der Waals surface area contributed by atoms with Gasteiger partial charge in [0.15, 0.2) is 0 Å². The average Bonchev–Trinajstić information content (AvgIpc) is 2.58. The van der Waals surface area contributed by atoms with Gasteiger partial charge in [-0.3, -0.25) is 0 Å². The van der Waals surface area contributed by atoms with Gasteiger partial charge in [-0.15, -0.1) is 0 Å². The summed E-state index contributed by atoms with van der Waals surface area (Å²) in [5, 5.41) is 37.2. The average molecular weight is 356 g/mol. The van der Waals surface area contributed by atoms with Crippen LogP contribution in [0, 0.1) is 0 Å². The number of hydrogen-bond donors (Lipinski definition) is 4. The van der Waals surface area contributed by atoms with Crippen LogP contribution in [0.3, 0.4) is 0 Å². The first-order valence-corrected chi connectivity index (χ1v) is 7.11. The van der Waals surface area contributed by atoms with Gasteiger partial charge in [0.25, 0.3) is 0 Å². The fourth-order valence-electron chi connectivity index (χ4n) is 2.40. The lowest BCUT2D eigenvalue weighted by Gasteiger charge is -2.12. The van der Waals surface area contributed by atoms with Crippen LogP contribution in [0.2, 0.25) is 0 Å². The number of rotatable bonds is 6. The van der Waals surface area contributed by atoms with Gasteiger partial charge in [0, 0.05) is 5.56 Å². The Bertz CT molecular complexity index is 941. The lowest BCUT2D eigenvalue weighted by molar-refractivity contribution is 0.0631. The molecule has 0 radical (unpaired) electrons. The Morgan fingerprint density at radius 2 is 1.19 bits per heavy atom. The fraction of sp³-hybridized carbons (Fsp3) is 0. The fourth-order valence-corrected chi connectivity index (χ4v) is 2.40. The van der Waals surface area contributed by atoms with Gasteiger partial charge in [-0.25, -0.2) is 19.2 Å². The maximum absolute atomic E-state index is 11.6. The second kappa shape index (κ2) is 7.31. The van der Waals surface area contributed by atoms with Gasteiger partial charge in [0.05, 0.1) is 22.3 Å². The Balaban J connectivity index is 2.87. The molecule has 0 bridgehead atoms. The maximum atomic E-state index is 11.6. The molecule has 0 aromatic heterocycles. The molecule has 132 valence electrons. The molecule has 0 spiro atoms. The third-order valence-electron chi connectivity index (χ3n) is 3.50. The van der Waals surface area contributed by atoms with Gasteiger partial charge in [0.2, 0.25) is 0 Å². The van der Waals surface area contributed by atoms with Crippen molar-refractivity contribution >= 4 is 36.0 Å². The number of hydrogen-bond acceptors (Lipinski definition) is 4. The second-order valence-electron chi connectivity index (χ2n) is 5.10. The molecule has 0 aliphatic heterocycles. The number of carboxylic acid groups (broad SMARTS) is 4. The molecular formula is C18H12O8. The zero-order valence-electron chi connectivity index (χ0n) is 13.0. The van der Waals surface area contributed by atoms with E-state index in [1.54, 1.807) is 30.3 Å². The second-order valence-corrected chi connectivity index (χ2v) is 5.10. The van der Waals surface area contributed by atoms with Crippen LogP contribution in [0.25, 0.3) is 12.2 Å². The number of carbonyl (C=O) groups is 4. The Morgan fingerprint density at radius 1 is 0.654 bits per heavy atom. The summed E-state index contributed by atoms with van der Waals surface area (Å²) in [6.45, 7) is 0. The molecule has 2 aromatic carbocycles. The van der Waals surface area contributed by atoms with Gasteiger partial charge in [-0.1, -0.05) is 42.5 Å². The molecule has 8 heteroatoms. The first kappa shape index (κ1) is 18.4. The van der Waals surface area contributed by atoms with Crippen LogP contribution in [0.4, 0.5) is 0 Å². The summed E-state index contributed by atoms with van der Waals surface area (Å²) in [5.41, 5.74) is -3.22. The molecule has 2 rings (SSSR count). The molecule has 0 amide bonds. The molecule has 0 heterocycles. The van der Waals surface area contributed by atoms with E-state index >= 15 is 0 Å². The molecular weight excluding hydrogens is 344 g/mol. The van der Waals surface area contributed by atoms with Crippen molar-refractivity contribution in [2.24, 2.45) is 0 Å². The van der Waals surface area contributed by atoms with Crippen molar-refractivity contribution in [2.75, 3.05) is 0 Å². The monoisotopic (exact) mass is 356 g/mol. The first-order valence-electron chi connectivity index (χ1n) is 7.11. The van der Waals surface area contributed by atoms with E-state index in [-0.39, 0.29) is 0 Å². The van der Waals surface area contributed by atoms with Crippen LogP contribution in [0.15, 0.2) is 36.4 Å². The highest BCUT2D eigenvalue weighted by atomic mass is 16.4. The van der Waals surface area contributed by atoms with Crippen LogP contribution in [0.1, 0.15) is 52.6 Å². The van der Waals surface area contributed by atoms with E-state index in [1.165, 1.54) is 6.08 Å². The molecule has 8 nitrogen and oxygen atoms in total. The van der Waals surface area contributed by atoms with E-state index in [9.17, 15) is 34.5 Å². The van der Waals surface area contributed by atoms with Crippen molar-refractivity contribution in [3.8, 4) is 0 Å². The zero-order chi connectivity index (χ0) is 19.4. The summed E-state index contributed by atoms with van der Waals surface area (Å²) in [7, 11) is 0. The highest BCUT2D eigenvalue weighted by Gasteiger charge is 2.30. The summed E-state index contributed by atoms with van der Waals surface area (Å²) >= 11 is 0.